The number of rotatable bonds is 3. The Kier molecular flexibility index (Phi) is 4.83. The van der Waals surface area contributed by atoms with Gasteiger partial charge in [-0.25, -0.2) is 0 Å². The van der Waals surface area contributed by atoms with Crippen molar-refractivity contribution in [2.24, 2.45) is 23.3 Å². The number of fused-ring (bicyclic) bond motifs is 3. The summed E-state index contributed by atoms with van der Waals surface area (Å²) in [6, 6.07) is 1.71. The summed E-state index contributed by atoms with van der Waals surface area (Å²) >= 11 is 0. The first-order valence-electron chi connectivity index (χ1n) is 10.2. The standard InChI is InChI=1S/C22H25N3O7/c1-25(2)12-5-9(7-23)17(27)15-11(12)4-8-3-10-6-13(26)16(21(24)31)20(30)22(10,32)19(29)14(8)18(15)28/h5,8,10,27-28,30,32H,3-4,6-7,23H2,1-2H3,(H2,24,31)/t8-,10+,22+/m1/s1. The van der Waals surface area contributed by atoms with E-state index in [-0.39, 0.29) is 42.7 Å². The van der Waals surface area contributed by atoms with Gasteiger partial charge >= 0.3 is 0 Å². The summed E-state index contributed by atoms with van der Waals surface area (Å²) < 4.78 is 0. The van der Waals surface area contributed by atoms with Crippen molar-refractivity contribution >= 4 is 28.9 Å². The number of nitrogens with zero attached hydrogens (tertiary/aromatic N) is 1. The van der Waals surface area contributed by atoms with Gasteiger partial charge in [0.1, 0.15) is 22.8 Å². The third-order valence-electron chi connectivity index (χ3n) is 6.82. The maximum absolute atomic E-state index is 13.5. The van der Waals surface area contributed by atoms with Crippen LogP contribution in [0.25, 0.3) is 5.76 Å². The number of Topliss-reactive ketones (excluding diaryl/α,β-unsaturated/α-hetero) is 2. The number of aliphatic hydroxyl groups is 3. The fourth-order valence-corrected chi connectivity index (χ4v) is 5.28. The largest absolute Gasteiger partial charge is 0.508 e. The van der Waals surface area contributed by atoms with E-state index < -0.39 is 52.0 Å². The Morgan fingerprint density at radius 2 is 1.88 bits per heavy atom. The molecule has 1 aromatic rings. The van der Waals surface area contributed by atoms with E-state index in [9.17, 15) is 34.8 Å². The van der Waals surface area contributed by atoms with E-state index in [2.05, 4.69) is 0 Å². The highest BCUT2D eigenvalue weighted by Gasteiger charge is 2.60. The summed E-state index contributed by atoms with van der Waals surface area (Å²) in [5.74, 6) is -6.45. The molecular weight excluding hydrogens is 418 g/mol. The van der Waals surface area contributed by atoms with Crippen molar-refractivity contribution in [2.45, 2.75) is 31.4 Å². The van der Waals surface area contributed by atoms with Crippen LogP contribution >= 0.6 is 0 Å². The van der Waals surface area contributed by atoms with Gasteiger partial charge in [0.05, 0.1) is 5.56 Å². The number of aromatic hydroxyl groups is 1. The van der Waals surface area contributed by atoms with Gasteiger partial charge in [-0.2, -0.15) is 0 Å². The first kappa shape index (κ1) is 21.8. The molecule has 1 amide bonds. The van der Waals surface area contributed by atoms with Crippen LogP contribution in [0, 0.1) is 11.8 Å². The van der Waals surface area contributed by atoms with Gasteiger partial charge in [-0.3, -0.25) is 14.4 Å². The molecule has 0 radical (unpaired) electrons. The lowest BCUT2D eigenvalue weighted by atomic mass is 9.59. The third kappa shape index (κ3) is 2.69. The Labute approximate surface area is 183 Å². The molecule has 10 nitrogen and oxygen atoms in total. The molecule has 0 bridgehead atoms. The van der Waals surface area contributed by atoms with Crippen LogP contribution in [-0.2, 0) is 27.3 Å². The van der Waals surface area contributed by atoms with Gasteiger partial charge in [-0.1, -0.05) is 0 Å². The molecule has 1 fully saturated rings. The molecule has 3 aliphatic carbocycles. The average Bonchev–Trinajstić information content (AvgIpc) is 2.70. The van der Waals surface area contributed by atoms with E-state index in [0.29, 0.717) is 16.8 Å². The number of carbonyl (C=O) groups is 3. The topological polar surface area (TPSA) is 187 Å². The van der Waals surface area contributed by atoms with Gasteiger partial charge in [0.25, 0.3) is 5.91 Å². The first-order valence-corrected chi connectivity index (χ1v) is 10.2. The maximum Gasteiger partial charge on any atom is 0.255 e. The molecule has 10 heteroatoms. The molecule has 1 aromatic carbocycles. The highest BCUT2D eigenvalue weighted by atomic mass is 16.3. The number of amides is 1. The number of phenols is 1. The van der Waals surface area contributed by atoms with Gasteiger partial charge < -0.3 is 36.8 Å². The molecular formula is C22H25N3O7. The monoisotopic (exact) mass is 443 g/mol. The fraction of sp³-hybridized carbons (Fsp3) is 0.409. The number of hydrogen-bond donors (Lipinski definition) is 6. The molecule has 32 heavy (non-hydrogen) atoms. The lowest BCUT2D eigenvalue weighted by Crippen LogP contribution is -2.58. The van der Waals surface area contributed by atoms with Crippen LogP contribution in [0.5, 0.6) is 5.75 Å². The molecule has 0 unspecified atom stereocenters. The predicted molar refractivity (Wildman–Crippen MR) is 114 cm³/mol. The summed E-state index contributed by atoms with van der Waals surface area (Å²) in [6.07, 6.45) is -0.00459. The summed E-state index contributed by atoms with van der Waals surface area (Å²) in [4.78, 5) is 39.3. The first-order chi connectivity index (χ1) is 14.9. The normalized spacial score (nSPS) is 27.1. The van der Waals surface area contributed by atoms with Crippen molar-refractivity contribution in [3.05, 3.63) is 39.7 Å². The zero-order valence-corrected chi connectivity index (χ0v) is 17.7. The molecule has 0 aromatic heterocycles. The van der Waals surface area contributed by atoms with Gasteiger partial charge in [-0.15, -0.1) is 0 Å². The molecule has 3 atom stereocenters. The van der Waals surface area contributed by atoms with E-state index in [0.717, 1.165) is 0 Å². The van der Waals surface area contributed by atoms with Crippen LogP contribution in [-0.4, -0.2) is 57.6 Å². The minimum Gasteiger partial charge on any atom is -0.508 e. The number of ketones is 2. The smallest absolute Gasteiger partial charge is 0.255 e. The van der Waals surface area contributed by atoms with Crippen molar-refractivity contribution in [2.75, 3.05) is 19.0 Å². The van der Waals surface area contributed by atoms with Gasteiger partial charge in [0.15, 0.2) is 11.4 Å². The second-order valence-electron chi connectivity index (χ2n) is 8.76. The Balaban J connectivity index is 1.97. The van der Waals surface area contributed by atoms with E-state index in [1.807, 2.05) is 0 Å². The van der Waals surface area contributed by atoms with Crippen molar-refractivity contribution in [1.82, 2.24) is 0 Å². The number of hydrogen-bond acceptors (Lipinski definition) is 9. The number of carbonyl (C=O) groups excluding carboxylic acids is 3. The Hall–Kier alpha value is -3.37. The number of nitrogens with two attached hydrogens (primary N) is 2. The highest BCUT2D eigenvalue weighted by Crippen LogP contribution is 2.53. The van der Waals surface area contributed by atoms with Gasteiger partial charge in [0.2, 0.25) is 5.78 Å². The van der Waals surface area contributed by atoms with E-state index in [1.165, 1.54) is 0 Å². The van der Waals surface area contributed by atoms with Crippen molar-refractivity contribution in [3.8, 4) is 5.75 Å². The maximum atomic E-state index is 13.5. The minimum atomic E-state index is -2.57. The van der Waals surface area contributed by atoms with Crippen LogP contribution in [0.15, 0.2) is 23.0 Å². The van der Waals surface area contributed by atoms with Crippen molar-refractivity contribution in [1.29, 1.82) is 0 Å². The lowest BCUT2D eigenvalue weighted by molar-refractivity contribution is -0.147. The summed E-state index contributed by atoms with van der Waals surface area (Å²) in [6.45, 7) is -0.0143. The average molecular weight is 443 g/mol. The number of phenolic OH excluding ortho intramolecular Hbond substituents is 1. The summed E-state index contributed by atoms with van der Waals surface area (Å²) in [7, 11) is 3.59. The van der Waals surface area contributed by atoms with E-state index in [1.54, 1.807) is 25.1 Å². The van der Waals surface area contributed by atoms with Crippen LogP contribution in [0.1, 0.15) is 29.5 Å². The molecule has 0 aliphatic heterocycles. The van der Waals surface area contributed by atoms with Crippen molar-refractivity contribution in [3.63, 3.8) is 0 Å². The zero-order valence-electron chi connectivity index (χ0n) is 17.7. The van der Waals surface area contributed by atoms with Crippen LogP contribution < -0.4 is 16.4 Å². The molecule has 4 rings (SSSR count). The predicted octanol–water partition coefficient (Wildman–Crippen LogP) is -0.0514. The van der Waals surface area contributed by atoms with Crippen LogP contribution in [0.2, 0.25) is 0 Å². The number of benzene rings is 1. The summed E-state index contributed by atoms with van der Waals surface area (Å²) in [5, 5.41) is 43.7. The molecule has 1 saturated carbocycles. The van der Waals surface area contributed by atoms with Gasteiger partial charge in [-0.05, 0) is 30.4 Å². The molecule has 170 valence electrons. The molecule has 8 N–H and O–H groups in total. The number of anilines is 1. The number of aliphatic hydroxyl groups excluding tert-OH is 2. The van der Waals surface area contributed by atoms with Crippen molar-refractivity contribution < 1.29 is 34.8 Å². The lowest BCUT2D eigenvalue weighted by Gasteiger charge is -2.46. The molecule has 0 saturated heterocycles. The highest BCUT2D eigenvalue weighted by molar-refractivity contribution is 6.22. The molecule has 0 spiro atoms. The second-order valence-corrected chi connectivity index (χ2v) is 8.76. The quantitative estimate of drug-likeness (QED) is 0.348. The van der Waals surface area contributed by atoms with E-state index >= 15 is 0 Å². The Bertz CT molecular complexity index is 1150. The number of primary amides is 1. The Morgan fingerprint density at radius 1 is 1.22 bits per heavy atom. The minimum absolute atomic E-state index is 0.0143. The van der Waals surface area contributed by atoms with Crippen LogP contribution in [0.4, 0.5) is 5.69 Å². The summed E-state index contributed by atoms with van der Waals surface area (Å²) in [5.41, 5.74) is 9.09. The SMILES string of the molecule is CN(C)c1cc(CN)c(O)c2c1C[C@H]1C[C@H]3CC(=O)C(C(N)=O)=C(O)[C@@]3(O)C(=O)C1=C2O. The second kappa shape index (κ2) is 7.07. The molecule has 3 aliphatic rings. The molecule has 0 heterocycles. The van der Waals surface area contributed by atoms with Crippen LogP contribution in [0.3, 0.4) is 0 Å². The fourth-order valence-electron chi connectivity index (χ4n) is 5.28. The van der Waals surface area contributed by atoms with Gasteiger partial charge in [0, 0.05) is 49.8 Å². The third-order valence-corrected chi connectivity index (χ3v) is 6.82. The zero-order chi connectivity index (χ0) is 23.7. The Morgan fingerprint density at radius 3 is 2.44 bits per heavy atom. The van der Waals surface area contributed by atoms with E-state index in [4.69, 9.17) is 11.5 Å².